The molecule has 0 bridgehead atoms. The van der Waals surface area contributed by atoms with Gasteiger partial charge in [0.05, 0.1) is 24.5 Å². The number of hydrogen-bond acceptors (Lipinski definition) is 7. The quantitative estimate of drug-likeness (QED) is 0.527. The number of nitrogen functional groups attached to an aromatic ring is 1. The van der Waals surface area contributed by atoms with Gasteiger partial charge in [-0.15, -0.1) is 5.10 Å². The fourth-order valence-corrected chi connectivity index (χ4v) is 7.12. The van der Waals surface area contributed by atoms with Crippen LogP contribution in [0.1, 0.15) is 74.6 Å². The van der Waals surface area contributed by atoms with E-state index in [-0.39, 0.29) is 35.4 Å². The van der Waals surface area contributed by atoms with E-state index in [4.69, 9.17) is 5.73 Å². The lowest BCUT2D eigenvalue weighted by molar-refractivity contribution is -0.135. The number of alkyl halides is 1. The molecule has 40 heavy (non-hydrogen) atoms. The molecule has 0 aromatic carbocycles. The van der Waals surface area contributed by atoms with Gasteiger partial charge in [0.1, 0.15) is 11.7 Å². The van der Waals surface area contributed by atoms with E-state index in [0.29, 0.717) is 26.2 Å². The van der Waals surface area contributed by atoms with Crippen molar-refractivity contribution in [2.45, 2.75) is 88.0 Å². The number of hydrogen-bond donors (Lipinski definition) is 3. The highest BCUT2D eigenvalue weighted by atomic mass is 19.1. The van der Waals surface area contributed by atoms with E-state index in [1.165, 1.54) is 17.4 Å². The van der Waals surface area contributed by atoms with E-state index in [1.54, 1.807) is 0 Å². The van der Waals surface area contributed by atoms with Crippen LogP contribution in [-0.2, 0) is 4.79 Å². The summed E-state index contributed by atoms with van der Waals surface area (Å²) in [5.41, 5.74) is 5.87. The van der Waals surface area contributed by atoms with Crippen LogP contribution in [-0.4, -0.2) is 92.7 Å². The van der Waals surface area contributed by atoms with Gasteiger partial charge in [0.25, 0.3) is 5.91 Å². The molecular formula is C28H40F2N8O2. The Labute approximate surface area is 233 Å². The van der Waals surface area contributed by atoms with Crippen LogP contribution in [0.5, 0.6) is 0 Å². The summed E-state index contributed by atoms with van der Waals surface area (Å²) in [4.78, 5) is 34.7. The molecule has 2 saturated carbocycles. The van der Waals surface area contributed by atoms with Crippen molar-refractivity contribution in [3.8, 4) is 0 Å². The van der Waals surface area contributed by atoms with Crippen LogP contribution in [0.15, 0.2) is 12.4 Å². The molecule has 10 nitrogen and oxygen atoms in total. The van der Waals surface area contributed by atoms with Crippen molar-refractivity contribution in [1.29, 1.82) is 0 Å². The minimum absolute atomic E-state index is 0.0524. The minimum Gasteiger partial charge on any atom is -0.381 e. The Morgan fingerprint density at radius 2 is 1.73 bits per heavy atom. The highest BCUT2D eigenvalue weighted by Gasteiger charge is 2.52. The van der Waals surface area contributed by atoms with Crippen LogP contribution in [0, 0.1) is 11.7 Å². The van der Waals surface area contributed by atoms with Gasteiger partial charge in [-0.2, -0.15) is 0 Å². The number of amides is 2. The Balaban J connectivity index is 1.31. The number of halogens is 2. The fourth-order valence-electron chi connectivity index (χ4n) is 7.12. The van der Waals surface area contributed by atoms with E-state index in [2.05, 4.69) is 25.6 Å². The monoisotopic (exact) mass is 558 g/mol. The van der Waals surface area contributed by atoms with Crippen molar-refractivity contribution in [1.82, 2.24) is 35.0 Å². The van der Waals surface area contributed by atoms with Gasteiger partial charge in [0.2, 0.25) is 5.91 Å². The number of nitrogens with two attached hydrogens (primary N) is 1. The number of nitrogens with zero attached hydrogens (tertiary/aromatic N) is 5. The standard InChI is InChI=1S/C28H40F2N8O2/c29-19-15-32-25-21(24(31)35-38(25)17-19)26(39)34-23-22(36-11-13-37(14-12-36)27(40)18-7-8-18)20(30)16-33-28(23)9-5-3-1-2-4-6-10-28/h15,17-18,20,22-23,33H,1-14,16H2,(H2,31,35)(H,34,39). The molecule has 1 spiro atoms. The van der Waals surface area contributed by atoms with Crippen molar-refractivity contribution < 1.29 is 18.4 Å². The summed E-state index contributed by atoms with van der Waals surface area (Å²) < 4.78 is 31.0. The number of fused-ring (bicyclic) bond motifs is 1. The SMILES string of the molecule is Nc1nn2cc(F)cnc2c1C(=O)NC1C(N2CCN(C(=O)C3CC3)CC2)C(F)CNC12CCCCCCCC2. The predicted molar refractivity (Wildman–Crippen MR) is 146 cm³/mol. The molecule has 0 radical (unpaired) electrons. The lowest BCUT2D eigenvalue weighted by atomic mass is 9.73. The van der Waals surface area contributed by atoms with Crippen LogP contribution < -0.4 is 16.4 Å². The first kappa shape index (κ1) is 27.3. The number of nitrogens with one attached hydrogen (secondary N) is 2. The van der Waals surface area contributed by atoms with Gasteiger partial charge in [-0.05, 0) is 25.7 Å². The number of anilines is 1. The summed E-state index contributed by atoms with van der Waals surface area (Å²) in [5, 5.41) is 10.9. The predicted octanol–water partition coefficient (Wildman–Crippen LogP) is 2.29. The Kier molecular flexibility index (Phi) is 7.64. The van der Waals surface area contributed by atoms with Crippen LogP contribution in [0.25, 0.3) is 5.65 Å². The largest absolute Gasteiger partial charge is 0.381 e. The van der Waals surface area contributed by atoms with Gasteiger partial charge in [0, 0.05) is 44.2 Å². The molecule has 2 aromatic heterocycles. The third-order valence-corrected chi connectivity index (χ3v) is 9.41. The molecule has 4 aliphatic rings. The Morgan fingerprint density at radius 3 is 2.40 bits per heavy atom. The number of carbonyl (C=O) groups is 2. The van der Waals surface area contributed by atoms with Crippen molar-refractivity contribution >= 4 is 23.3 Å². The number of aromatic nitrogens is 3. The molecule has 2 aliphatic heterocycles. The smallest absolute Gasteiger partial charge is 0.259 e. The maximum Gasteiger partial charge on any atom is 0.259 e. The zero-order chi connectivity index (χ0) is 27.9. The molecule has 3 unspecified atom stereocenters. The maximum atomic E-state index is 16.0. The van der Waals surface area contributed by atoms with Crippen molar-refractivity contribution in [2.75, 3.05) is 38.5 Å². The zero-order valence-electron chi connectivity index (χ0n) is 23.0. The molecule has 2 aliphatic carbocycles. The van der Waals surface area contributed by atoms with Crippen LogP contribution in [0.2, 0.25) is 0 Å². The summed E-state index contributed by atoms with van der Waals surface area (Å²) in [5.74, 6) is -0.760. The first-order valence-electron chi connectivity index (χ1n) is 14.9. The second-order valence-corrected chi connectivity index (χ2v) is 12.1. The molecule has 12 heteroatoms. The van der Waals surface area contributed by atoms with E-state index in [0.717, 1.165) is 63.8 Å². The summed E-state index contributed by atoms with van der Waals surface area (Å²) >= 11 is 0. The molecule has 2 aromatic rings. The topological polar surface area (TPSA) is 121 Å². The Hall–Kier alpha value is -2.86. The van der Waals surface area contributed by atoms with Gasteiger partial charge in [0.15, 0.2) is 17.3 Å². The van der Waals surface area contributed by atoms with Crippen molar-refractivity contribution in [2.24, 2.45) is 5.92 Å². The Bertz CT molecular complexity index is 1230. The van der Waals surface area contributed by atoms with Gasteiger partial charge in [-0.25, -0.2) is 18.3 Å². The number of carbonyl (C=O) groups excluding carboxylic acids is 2. The second-order valence-electron chi connectivity index (χ2n) is 12.1. The highest BCUT2D eigenvalue weighted by Crippen LogP contribution is 2.37. The van der Waals surface area contributed by atoms with E-state index < -0.39 is 35.5 Å². The third kappa shape index (κ3) is 5.27. The molecular weight excluding hydrogens is 518 g/mol. The van der Waals surface area contributed by atoms with Crippen LogP contribution in [0.3, 0.4) is 0 Å². The summed E-state index contributed by atoms with van der Waals surface area (Å²) in [7, 11) is 0. The van der Waals surface area contributed by atoms with E-state index in [1.807, 2.05) is 4.90 Å². The Morgan fingerprint density at radius 1 is 1.05 bits per heavy atom. The first-order chi connectivity index (χ1) is 19.4. The summed E-state index contributed by atoms with van der Waals surface area (Å²) in [6.07, 6.45) is 11.1. The maximum absolute atomic E-state index is 16.0. The van der Waals surface area contributed by atoms with Crippen LogP contribution in [0.4, 0.5) is 14.6 Å². The van der Waals surface area contributed by atoms with Crippen LogP contribution >= 0.6 is 0 Å². The number of piperazine rings is 1. The molecule has 4 fully saturated rings. The number of rotatable bonds is 4. The first-order valence-corrected chi connectivity index (χ1v) is 14.9. The molecule has 6 rings (SSSR count). The molecule has 4 heterocycles. The van der Waals surface area contributed by atoms with Gasteiger partial charge in [-0.3, -0.25) is 14.5 Å². The average Bonchev–Trinajstić information content (AvgIpc) is 3.72. The average molecular weight is 559 g/mol. The van der Waals surface area contributed by atoms with Gasteiger partial charge in [-0.1, -0.05) is 38.5 Å². The molecule has 4 N–H and O–H groups in total. The lowest BCUT2D eigenvalue weighted by Gasteiger charge is -2.54. The summed E-state index contributed by atoms with van der Waals surface area (Å²) in [6, 6.07) is -1.10. The lowest BCUT2D eigenvalue weighted by Crippen LogP contribution is -2.76. The molecule has 2 amide bonds. The van der Waals surface area contributed by atoms with Gasteiger partial charge >= 0.3 is 0 Å². The molecule has 218 valence electrons. The normalized spacial score (nSPS) is 28.1. The number of piperidine rings is 1. The van der Waals surface area contributed by atoms with E-state index in [9.17, 15) is 14.0 Å². The minimum atomic E-state index is -1.21. The van der Waals surface area contributed by atoms with E-state index >= 15 is 4.39 Å². The molecule has 2 saturated heterocycles. The third-order valence-electron chi connectivity index (χ3n) is 9.41. The highest BCUT2D eigenvalue weighted by molar-refractivity contribution is 6.04. The van der Waals surface area contributed by atoms with Crippen molar-refractivity contribution in [3.63, 3.8) is 0 Å². The summed E-state index contributed by atoms with van der Waals surface area (Å²) in [6.45, 7) is 2.47. The van der Waals surface area contributed by atoms with Gasteiger partial charge < -0.3 is 21.3 Å². The second kappa shape index (κ2) is 11.2. The van der Waals surface area contributed by atoms with Crippen molar-refractivity contribution in [3.05, 3.63) is 23.8 Å². The zero-order valence-corrected chi connectivity index (χ0v) is 23.0. The fraction of sp³-hybridized carbons (Fsp3) is 0.714. The molecule has 3 atom stereocenters.